The summed E-state index contributed by atoms with van der Waals surface area (Å²) in [5.74, 6) is -1.93. The summed E-state index contributed by atoms with van der Waals surface area (Å²) < 4.78 is 38.8. The molecule has 0 aliphatic carbocycles. The number of amides is 1. The van der Waals surface area contributed by atoms with Gasteiger partial charge >= 0.3 is 12.1 Å². The van der Waals surface area contributed by atoms with Crippen LogP contribution in [0.15, 0.2) is 22.7 Å². The highest BCUT2D eigenvalue weighted by atomic mass is 79.9. The zero-order valence-corrected chi connectivity index (χ0v) is 12.9. The van der Waals surface area contributed by atoms with Crippen molar-refractivity contribution in [3.63, 3.8) is 0 Å². The Morgan fingerprint density at radius 3 is 2.52 bits per heavy atom. The van der Waals surface area contributed by atoms with Gasteiger partial charge in [0.15, 0.2) is 0 Å². The fourth-order valence-electron chi connectivity index (χ4n) is 1.44. The molecule has 0 unspecified atom stereocenters. The molecule has 0 aromatic heterocycles. The highest BCUT2D eigenvalue weighted by molar-refractivity contribution is 9.10. The zero-order chi connectivity index (χ0) is 16.0. The average molecular weight is 386 g/mol. The van der Waals surface area contributed by atoms with Crippen LogP contribution in [0.1, 0.15) is 11.1 Å². The van der Waals surface area contributed by atoms with Crippen LogP contribution in [0.4, 0.5) is 13.2 Å². The van der Waals surface area contributed by atoms with Gasteiger partial charge in [-0.2, -0.15) is 13.2 Å². The van der Waals surface area contributed by atoms with E-state index in [1.54, 1.807) is 0 Å². The SMILES string of the molecule is O=C(O)CSCC(=O)NCc1ccc(Br)cc1C(F)(F)F. The van der Waals surface area contributed by atoms with Crippen molar-refractivity contribution in [1.29, 1.82) is 0 Å². The molecule has 1 aromatic rings. The van der Waals surface area contributed by atoms with Gasteiger partial charge in [0.05, 0.1) is 17.1 Å². The Bertz CT molecular complexity index is 537. The van der Waals surface area contributed by atoms with Crippen molar-refractivity contribution in [3.05, 3.63) is 33.8 Å². The predicted octanol–water partition coefficient (Wildman–Crippen LogP) is 2.90. The first kappa shape index (κ1) is 17.8. The summed E-state index contributed by atoms with van der Waals surface area (Å²) in [5, 5.41) is 10.7. The first-order valence-corrected chi connectivity index (χ1v) is 7.57. The second-order valence-corrected chi connectivity index (χ2v) is 5.86. The summed E-state index contributed by atoms with van der Waals surface area (Å²) >= 11 is 3.85. The van der Waals surface area contributed by atoms with Gasteiger partial charge in [0.2, 0.25) is 5.91 Å². The molecule has 116 valence electrons. The van der Waals surface area contributed by atoms with Crippen LogP contribution in [0.2, 0.25) is 0 Å². The number of aliphatic carboxylic acids is 1. The van der Waals surface area contributed by atoms with E-state index < -0.39 is 23.6 Å². The summed E-state index contributed by atoms with van der Waals surface area (Å²) in [7, 11) is 0. The maximum atomic E-state index is 12.8. The van der Waals surface area contributed by atoms with Crippen LogP contribution < -0.4 is 5.32 Å². The molecule has 4 nitrogen and oxygen atoms in total. The summed E-state index contributed by atoms with van der Waals surface area (Å²) in [5.41, 5.74) is -0.877. The molecular weight excluding hydrogens is 375 g/mol. The lowest BCUT2D eigenvalue weighted by Gasteiger charge is -2.14. The largest absolute Gasteiger partial charge is 0.481 e. The fourth-order valence-corrected chi connectivity index (χ4v) is 2.37. The Morgan fingerprint density at radius 1 is 1.29 bits per heavy atom. The topological polar surface area (TPSA) is 66.4 Å². The number of rotatable bonds is 6. The van der Waals surface area contributed by atoms with Crippen LogP contribution in [0.5, 0.6) is 0 Å². The quantitative estimate of drug-likeness (QED) is 0.789. The van der Waals surface area contributed by atoms with Gasteiger partial charge in [0.1, 0.15) is 0 Å². The van der Waals surface area contributed by atoms with Crippen molar-refractivity contribution in [3.8, 4) is 0 Å². The lowest BCUT2D eigenvalue weighted by molar-refractivity contribution is -0.138. The summed E-state index contributed by atoms with van der Waals surface area (Å²) in [6.45, 7) is -0.269. The highest BCUT2D eigenvalue weighted by Gasteiger charge is 2.33. The van der Waals surface area contributed by atoms with E-state index in [2.05, 4.69) is 21.2 Å². The summed E-state index contributed by atoms with van der Waals surface area (Å²) in [6.07, 6.45) is -4.51. The minimum absolute atomic E-state index is 0.0534. The second kappa shape index (κ2) is 7.69. The van der Waals surface area contributed by atoms with E-state index in [9.17, 15) is 22.8 Å². The molecule has 0 radical (unpaired) electrons. The molecule has 1 rings (SSSR count). The molecule has 21 heavy (non-hydrogen) atoms. The maximum Gasteiger partial charge on any atom is 0.416 e. The van der Waals surface area contributed by atoms with Crippen molar-refractivity contribution in [2.24, 2.45) is 0 Å². The standard InChI is InChI=1S/C12H11BrF3NO3S/c13-8-2-1-7(9(3-8)12(14,15)16)4-17-10(18)5-21-6-11(19)20/h1-3H,4-6H2,(H,17,18)(H,19,20). The third-order valence-corrected chi connectivity index (χ3v) is 3.72. The van der Waals surface area contributed by atoms with E-state index in [4.69, 9.17) is 5.11 Å². The summed E-state index contributed by atoms with van der Waals surface area (Å²) in [4.78, 5) is 21.7. The van der Waals surface area contributed by atoms with Gasteiger partial charge in [-0.25, -0.2) is 0 Å². The smallest absolute Gasteiger partial charge is 0.416 e. The van der Waals surface area contributed by atoms with Gasteiger partial charge in [-0.3, -0.25) is 9.59 Å². The number of carboxylic acids is 1. The van der Waals surface area contributed by atoms with E-state index >= 15 is 0 Å². The van der Waals surface area contributed by atoms with E-state index in [1.165, 1.54) is 12.1 Å². The van der Waals surface area contributed by atoms with Gasteiger partial charge < -0.3 is 10.4 Å². The zero-order valence-electron chi connectivity index (χ0n) is 10.5. The van der Waals surface area contributed by atoms with Crippen molar-refractivity contribution in [2.75, 3.05) is 11.5 Å². The second-order valence-electron chi connectivity index (χ2n) is 3.96. The third-order valence-electron chi connectivity index (χ3n) is 2.31. The first-order chi connectivity index (χ1) is 9.70. The fraction of sp³-hybridized carbons (Fsp3) is 0.333. The van der Waals surface area contributed by atoms with Gasteiger partial charge in [0, 0.05) is 11.0 Å². The molecule has 0 bridgehead atoms. The first-order valence-electron chi connectivity index (χ1n) is 5.62. The van der Waals surface area contributed by atoms with Gasteiger partial charge in [-0.1, -0.05) is 22.0 Å². The number of benzene rings is 1. The molecule has 0 spiro atoms. The monoisotopic (exact) mass is 385 g/mol. The van der Waals surface area contributed by atoms with Crippen molar-refractivity contribution in [2.45, 2.75) is 12.7 Å². The number of thioether (sulfide) groups is 1. The van der Waals surface area contributed by atoms with E-state index in [0.717, 1.165) is 17.8 Å². The van der Waals surface area contributed by atoms with Gasteiger partial charge in [-0.05, 0) is 17.7 Å². The van der Waals surface area contributed by atoms with Crippen LogP contribution in [0.3, 0.4) is 0 Å². The number of carbonyl (C=O) groups excluding carboxylic acids is 1. The molecule has 0 atom stereocenters. The van der Waals surface area contributed by atoms with Gasteiger partial charge in [0.25, 0.3) is 0 Å². The molecule has 0 aliphatic heterocycles. The van der Waals surface area contributed by atoms with Crippen LogP contribution >= 0.6 is 27.7 Å². The molecule has 0 heterocycles. The number of halogens is 4. The van der Waals surface area contributed by atoms with Crippen molar-refractivity contribution in [1.82, 2.24) is 5.32 Å². The molecule has 0 fully saturated rings. The lowest BCUT2D eigenvalue weighted by atomic mass is 10.1. The normalized spacial score (nSPS) is 11.2. The van der Waals surface area contributed by atoms with Gasteiger partial charge in [-0.15, -0.1) is 11.8 Å². The average Bonchev–Trinajstić information content (AvgIpc) is 2.35. The van der Waals surface area contributed by atoms with Crippen LogP contribution in [0.25, 0.3) is 0 Å². The molecule has 1 amide bonds. The number of hydrogen-bond acceptors (Lipinski definition) is 3. The van der Waals surface area contributed by atoms with Crippen molar-refractivity contribution < 1.29 is 27.9 Å². The Labute approximate surface area is 131 Å². The Morgan fingerprint density at radius 2 is 1.95 bits per heavy atom. The number of alkyl halides is 3. The third kappa shape index (κ3) is 6.38. The minimum atomic E-state index is -4.51. The number of carboxylic acid groups (broad SMARTS) is 1. The number of nitrogens with one attached hydrogen (secondary N) is 1. The number of hydrogen-bond donors (Lipinski definition) is 2. The van der Waals surface area contributed by atoms with Crippen molar-refractivity contribution >= 4 is 39.6 Å². The molecule has 0 aliphatic rings. The molecule has 0 saturated carbocycles. The Balaban J connectivity index is 2.63. The van der Waals surface area contributed by atoms with E-state index in [0.29, 0.717) is 4.47 Å². The number of carbonyl (C=O) groups is 2. The summed E-state index contributed by atoms with van der Waals surface area (Å²) in [6, 6.07) is 3.67. The Hall–Kier alpha value is -1.22. The molecular formula is C12H11BrF3NO3S. The molecule has 1 aromatic carbocycles. The molecule has 9 heteroatoms. The Kier molecular flexibility index (Phi) is 6.53. The lowest BCUT2D eigenvalue weighted by Crippen LogP contribution is -2.26. The minimum Gasteiger partial charge on any atom is -0.481 e. The predicted molar refractivity (Wildman–Crippen MR) is 76.0 cm³/mol. The van der Waals surface area contributed by atoms with E-state index in [1.807, 2.05) is 0 Å². The van der Waals surface area contributed by atoms with Crippen LogP contribution in [-0.4, -0.2) is 28.5 Å². The van der Waals surface area contributed by atoms with Crippen LogP contribution in [-0.2, 0) is 22.3 Å². The molecule has 0 saturated heterocycles. The highest BCUT2D eigenvalue weighted by Crippen LogP contribution is 2.33. The maximum absolute atomic E-state index is 12.8. The molecule has 2 N–H and O–H groups in total. The van der Waals surface area contributed by atoms with E-state index in [-0.39, 0.29) is 23.6 Å². The van der Waals surface area contributed by atoms with Crippen LogP contribution in [0, 0.1) is 0 Å².